The lowest BCUT2D eigenvalue weighted by atomic mass is 10.1. The lowest BCUT2D eigenvalue weighted by Crippen LogP contribution is -2.09. The number of nitrogens with zero attached hydrogens (tertiary/aromatic N) is 5. The van der Waals surface area contributed by atoms with Gasteiger partial charge in [0.25, 0.3) is 5.78 Å². The van der Waals surface area contributed by atoms with Gasteiger partial charge in [0.2, 0.25) is 5.78 Å². The van der Waals surface area contributed by atoms with Crippen LogP contribution in [0.3, 0.4) is 0 Å². The van der Waals surface area contributed by atoms with Crippen molar-refractivity contribution in [3.8, 4) is 11.3 Å². The Bertz CT molecular complexity index is 953. The van der Waals surface area contributed by atoms with Crippen LogP contribution in [0.25, 0.3) is 17.0 Å². The van der Waals surface area contributed by atoms with Crippen LogP contribution in [0.5, 0.6) is 0 Å². The van der Waals surface area contributed by atoms with Crippen LogP contribution in [-0.4, -0.2) is 50.9 Å². The van der Waals surface area contributed by atoms with Gasteiger partial charge in [0.15, 0.2) is 11.5 Å². The molecular formula is C18H19N5O3. The molecule has 4 rings (SSSR count). The highest BCUT2D eigenvalue weighted by atomic mass is 16.5. The van der Waals surface area contributed by atoms with Gasteiger partial charge < -0.3 is 9.47 Å². The van der Waals surface area contributed by atoms with Crippen LogP contribution in [0.1, 0.15) is 41.1 Å². The molecule has 0 spiro atoms. The van der Waals surface area contributed by atoms with Gasteiger partial charge in [-0.2, -0.15) is 9.61 Å². The van der Waals surface area contributed by atoms with Gasteiger partial charge >= 0.3 is 0 Å². The van der Waals surface area contributed by atoms with E-state index >= 15 is 0 Å². The second-order valence-corrected chi connectivity index (χ2v) is 6.12. The number of aromatic nitrogens is 5. The average Bonchev–Trinajstić information content (AvgIpc) is 3.19. The normalized spacial score (nSPS) is 12.6. The Morgan fingerprint density at radius 1 is 1.00 bits per heavy atom. The molecule has 0 bridgehead atoms. The van der Waals surface area contributed by atoms with Crippen LogP contribution in [0.4, 0.5) is 0 Å². The molecule has 8 heteroatoms. The second-order valence-electron chi connectivity index (χ2n) is 6.12. The predicted molar refractivity (Wildman–Crippen MR) is 92.8 cm³/mol. The molecule has 0 atom stereocenters. The van der Waals surface area contributed by atoms with Crippen molar-refractivity contribution < 1.29 is 14.3 Å². The van der Waals surface area contributed by atoms with Crippen LogP contribution in [0.15, 0.2) is 24.3 Å². The number of unbranched alkanes of at least 4 members (excludes halogenated alkanes) is 2. The molecule has 1 aliphatic carbocycles. The van der Waals surface area contributed by atoms with Gasteiger partial charge in [0.05, 0.1) is 0 Å². The topological polar surface area (TPSA) is 91.5 Å². The number of fused-ring (bicyclic) bond motifs is 4. The summed E-state index contributed by atoms with van der Waals surface area (Å²) in [5.74, 6) is 0.784. The molecule has 1 aliphatic rings. The summed E-state index contributed by atoms with van der Waals surface area (Å²) in [6.07, 6.45) is 3.03. The lowest BCUT2D eigenvalue weighted by Gasteiger charge is -2.03. The Balaban J connectivity index is 1.49. The minimum atomic E-state index is -0.122. The van der Waals surface area contributed by atoms with Gasteiger partial charge in [-0.05, 0) is 19.3 Å². The van der Waals surface area contributed by atoms with E-state index in [1.54, 1.807) is 13.2 Å². The molecule has 2 heterocycles. The van der Waals surface area contributed by atoms with Gasteiger partial charge in [-0.15, -0.1) is 10.2 Å². The number of carbonyl (C=O) groups excluding carboxylic acids is 1. The molecular weight excluding hydrogens is 334 g/mol. The second kappa shape index (κ2) is 7.27. The molecule has 2 aromatic heterocycles. The number of benzene rings is 1. The van der Waals surface area contributed by atoms with Gasteiger partial charge in [0.1, 0.15) is 12.3 Å². The van der Waals surface area contributed by atoms with E-state index in [1.165, 1.54) is 4.52 Å². The van der Waals surface area contributed by atoms with Crippen molar-refractivity contribution in [1.82, 2.24) is 24.8 Å². The number of hydrogen-bond donors (Lipinski definition) is 0. The first-order valence-corrected chi connectivity index (χ1v) is 8.62. The van der Waals surface area contributed by atoms with Crippen LogP contribution in [-0.2, 0) is 16.1 Å². The zero-order chi connectivity index (χ0) is 17.9. The number of rotatable bonds is 8. The number of hydrogen-bond acceptors (Lipinski definition) is 7. The zero-order valence-electron chi connectivity index (χ0n) is 14.5. The third-order valence-corrected chi connectivity index (χ3v) is 4.34. The smallest absolute Gasteiger partial charge is 0.272 e. The van der Waals surface area contributed by atoms with Crippen LogP contribution in [0, 0.1) is 0 Å². The fourth-order valence-electron chi connectivity index (χ4n) is 3.01. The maximum absolute atomic E-state index is 12.6. The van der Waals surface area contributed by atoms with Gasteiger partial charge in [-0.25, -0.2) is 4.98 Å². The van der Waals surface area contributed by atoms with E-state index in [2.05, 4.69) is 20.3 Å². The average molecular weight is 353 g/mol. The maximum Gasteiger partial charge on any atom is 0.272 e. The quantitative estimate of drug-likeness (QED) is 0.448. The summed E-state index contributed by atoms with van der Waals surface area (Å²) in [5, 5.41) is 12.6. The molecule has 0 unspecified atom stereocenters. The molecule has 0 radical (unpaired) electrons. The molecule has 0 saturated heterocycles. The summed E-state index contributed by atoms with van der Waals surface area (Å²) in [5.41, 5.74) is 2.31. The Labute approximate surface area is 150 Å². The van der Waals surface area contributed by atoms with Crippen molar-refractivity contribution in [3.63, 3.8) is 0 Å². The highest BCUT2D eigenvalue weighted by Gasteiger charge is 2.30. The first-order valence-electron chi connectivity index (χ1n) is 8.62. The third-order valence-electron chi connectivity index (χ3n) is 4.34. The van der Waals surface area contributed by atoms with E-state index in [-0.39, 0.29) is 12.4 Å². The molecule has 0 fully saturated rings. The van der Waals surface area contributed by atoms with Crippen molar-refractivity contribution in [2.45, 2.75) is 25.9 Å². The van der Waals surface area contributed by atoms with E-state index in [0.29, 0.717) is 35.2 Å². The van der Waals surface area contributed by atoms with Gasteiger partial charge in [0, 0.05) is 31.5 Å². The van der Waals surface area contributed by atoms with E-state index in [4.69, 9.17) is 9.47 Å². The van der Waals surface area contributed by atoms with E-state index < -0.39 is 0 Å². The number of methoxy groups -OCH3 is 1. The molecule has 8 nitrogen and oxygen atoms in total. The van der Waals surface area contributed by atoms with Crippen molar-refractivity contribution in [2.24, 2.45) is 0 Å². The van der Waals surface area contributed by atoms with Crippen molar-refractivity contribution in [2.75, 3.05) is 20.3 Å². The summed E-state index contributed by atoms with van der Waals surface area (Å²) in [6.45, 7) is 1.67. The minimum Gasteiger partial charge on any atom is -0.385 e. The Kier molecular flexibility index (Phi) is 4.68. The highest BCUT2D eigenvalue weighted by Crippen LogP contribution is 2.33. The first-order chi connectivity index (χ1) is 12.8. The number of ether oxygens (including phenoxy) is 2. The lowest BCUT2D eigenvalue weighted by molar-refractivity contribution is 0.103. The molecule has 134 valence electrons. The summed E-state index contributed by atoms with van der Waals surface area (Å²) in [6, 6.07) is 7.37. The standard InChI is InChI=1S/C18H19N5O3/c1-25-9-5-2-6-10-26-11-14-20-21-18-19-15-12-7-3-4-8-13(12)17(24)16(15)22-23(14)18/h3-4,7-8H,2,5-6,9-11H2,1H3. The third kappa shape index (κ3) is 2.97. The molecule has 0 aliphatic heterocycles. The zero-order valence-corrected chi connectivity index (χ0v) is 14.5. The minimum absolute atomic E-state index is 0.122. The number of carbonyl (C=O) groups is 1. The Hall–Kier alpha value is -2.71. The van der Waals surface area contributed by atoms with Crippen LogP contribution >= 0.6 is 0 Å². The van der Waals surface area contributed by atoms with Crippen molar-refractivity contribution >= 4 is 11.6 Å². The van der Waals surface area contributed by atoms with E-state index in [1.807, 2.05) is 18.2 Å². The fraction of sp³-hybridized carbons (Fsp3) is 0.389. The fourth-order valence-corrected chi connectivity index (χ4v) is 3.01. The Morgan fingerprint density at radius 3 is 2.65 bits per heavy atom. The van der Waals surface area contributed by atoms with Crippen LogP contribution in [0.2, 0.25) is 0 Å². The van der Waals surface area contributed by atoms with E-state index in [0.717, 1.165) is 31.4 Å². The first kappa shape index (κ1) is 16.7. The molecule has 1 aromatic carbocycles. The maximum atomic E-state index is 12.6. The molecule has 0 saturated carbocycles. The predicted octanol–water partition coefficient (Wildman–Crippen LogP) is 2.06. The molecule has 3 aromatic rings. The largest absolute Gasteiger partial charge is 0.385 e. The molecule has 26 heavy (non-hydrogen) atoms. The Morgan fingerprint density at radius 2 is 1.81 bits per heavy atom. The summed E-state index contributed by atoms with van der Waals surface area (Å²) in [7, 11) is 1.70. The molecule has 0 amide bonds. The monoisotopic (exact) mass is 353 g/mol. The van der Waals surface area contributed by atoms with Gasteiger partial charge in [-0.1, -0.05) is 24.3 Å². The highest BCUT2D eigenvalue weighted by molar-refractivity contribution is 6.19. The SMILES string of the molecule is COCCCCCOCc1nnc2nc3c(nn12)C(=O)c1ccccc1-3. The van der Waals surface area contributed by atoms with E-state index in [9.17, 15) is 4.79 Å². The van der Waals surface area contributed by atoms with Crippen molar-refractivity contribution in [3.05, 3.63) is 41.3 Å². The van der Waals surface area contributed by atoms with Crippen LogP contribution < -0.4 is 0 Å². The number of ketones is 1. The molecule has 0 N–H and O–H groups in total. The van der Waals surface area contributed by atoms with Gasteiger partial charge in [-0.3, -0.25) is 4.79 Å². The summed E-state index contributed by atoms with van der Waals surface area (Å²) < 4.78 is 12.2. The summed E-state index contributed by atoms with van der Waals surface area (Å²) in [4.78, 5) is 17.0. The van der Waals surface area contributed by atoms with Crippen molar-refractivity contribution in [1.29, 1.82) is 0 Å². The summed E-state index contributed by atoms with van der Waals surface area (Å²) >= 11 is 0.